The zero-order chi connectivity index (χ0) is 18.1. The SMILES string of the molecule is CN(C)Cc1ccnc([C@@H]2CCCN2C(=O)c2n[nH]c3c2CCCC3)n1. The minimum Gasteiger partial charge on any atom is -0.327 e. The van der Waals surface area contributed by atoms with Crippen LogP contribution in [0.15, 0.2) is 12.3 Å². The number of aromatic nitrogens is 4. The lowest BCUT2D eigenvalue weighted by Gasteiger charge is -2.24. The van der Waals surface area contributed by atoms with Gasteiger partial charge in [0, 0.05) is 30.5 Å². The molecule has 3 heterocycles. The van der Waals surface area contributed by atoms with Crippen molar-refractivity contribution in [3.05, 3.63) is 40.7 Å². The maximum absolute atomic E-state index is 13.2. The Kier molecular flexibility index (Phi) is 4.72. The first-order valence-corrected chi connectivity index (χ1v) is 9.47. The van der Waals surface area contributed by atoms with Crippen molar-refractivity contribution < 1.29 is 4.79 Å². The van der Waals surface area contributed by atoms with Crippen LogP contribution >= 0.6 is 0 Å². The molecule has 0 saturated carbocycles. The summed E-state index contributed by atoms with van der Waals surface area (Å²) in [5.74, 6) is 0.771. The number of aryl methyl sites for hydroxylation is 1. The molecule has 0 unspecified atom stereocenters. The van der Waals surface area contributed by atoms with Gasteiger partial charge in [-0.05, 0) is 58.7 Å². The number of fused-ring (bicyclic) bond motifs is 1. The fourth-order valence-electron chi connectivity index (χ4n) is 4.06. The van der Waals surface area contributed by atoms with E-state index < -0.39 is 0 Å². The Morgan fingerprint density at radius 3 is 3.00 bits per heavy atom. The quantitative estimate of drug-likeness (QED) is 0.910. The number of rotatable bonds is 4. The van der Waals surface area contributed by atoms with Crippen LogP contribution in [0, 0.1) is 0 Å². The number of aromatic amines is 1. The Morgan fingerprint density at radius 2 is 2.15 bits per heavy atom. The minimum atomic E-state index is -0.0550. The molecule has 2 aliphatic rings. The molecule has 0 aromatic carbocycles. The molecule has 1 aliphatic heterocycles. The maximum atomic E-state index is 13.2. The number of nitrogens with one attached hydrogen (secondary N) is 1. The molecular weight excluding hydrogens is 328 g/mol. The van der Waals surface area contributed by atoms with Crippen molar-refractivity contribution in [2.45, 2.75) is 51.1 Å². The van der Waals surface area contributed by atoms with E-state index in [1.807, 2.05) is 25.1 Å². The van der Waals surface area contributed by atoms with Gasteiger partial charge in [-0.15, -0.1) is 0 Å². The van der Waals surface area contributed by atoms with E-state index in [1.165, 1.54) is 6.42 Å². The highest BCUT2D eigenvalue weighted by molar-refractivity contribution is 5.94. The van der Waals surface area contributed by atoms with E-state index in [0.29, 0.717) is 5.69 Å². The van der Waals surface area contributed by atoms with E-state index in [0.717, 1.165) is 68.0 Å². The van der Waals surface area contributed by atoms with E-state index >= 15 is 0 Å². The molecule has 1 fully saturated rings. The number of carbonyl (C=O) groups is 1. The number of amides is 1. The summed E-state index contributed by atoms with van der Waals surface area (Å²) in [4.78, 5) is 26.4. The molecule has 2 aromatic rings. The van der Waals surface area contributed by atoms with Gasteiger partial charge in [0.25, 0.3) is 5.91 Å². The van der Waals surface area contributed by atoms with Crippen LogP contribution in [0.2, 0.25) is 0 Å². The number of hydrogen-bond donors (Lipinski definition) is 1. The molecule has 0 radical (unpaired) electrons. The fourth-order valence-corrected chi connectivity index (χ4v) is 4.06. The second kappa shape index (κ2) is 7.15. The Morgan fingerprint density at radius 1 is 1.31 bits per heavy atom. The third kappa shape index (κ3) is 3.23. The molecule has 0 spiro atoms. The molecule has 7 heteroatoms. The summed E-state index contributed by atoms with van der Waals surface area (Å²) >= 11 is 0. The van der Waals surface area contributed by atoms with Crippen molar-refractivity contribution in [2.24, 2.45) is 0 Å². The van der Waals surface area contributed by atoms with Crippen LogP contribution in [0.3, 0.4) is 0 Å². The lowest BCUT2D eigenvalue weighted by molar-refractivity contribution is 0.0722. The van der Waals surface area contributed by atoms with Crippen molar-refractivity contribution in [3.8, 4) is 0 Å². The van der Waals surface area contributed by atoms with E-state index in [1.54, 1.807) is 6.20 Å². The smallest absolute Gasteiger partial charge is 0.275 e. The summed E-state index contributed by atoms with van der Waals surface area (Å²) in [6.45, 7) is 1.51. The monoisotopic (exact) mass is 354 g/mol. The number of nitrogens with zero attached hydrogens (tertiary/aromatic N) is 5. The molecule has 7 nitrogen and oxygen atoms in total. The van der Waals surface area contributed by atoms with Crippen LogP contribution in [0.25, 0.3) is 0 Å². The molecule has 1 amide bonds. The van der Waals surface area contributed by atoms with E-state index in [4.69, 9.17) is 4.98 Å². The van der Waals surface area contributed by atoms with Crippen molar-refractivity contribution in [2.75, 3.05) is 20.6 Å². The second-order valence-electron chi connectivity index (χ2n) is 7.54. The molecule has 1 atom stereocenters. The molecular formula is C19H26N6O. The predicted molar refractivity (Wildman–Crippen MR) is 97.7 cm³/mol. The lowest BCUT2D eigenvalue weighted by Crippen LogP contribution is -2.32. The van der Waals surface area contributed by atoms with Gasteiger partial charge >= 0.3 is 0 Å². The fraction of sp³-hybridized carbons (Fsp3) is 0.579. The maximum Gasteiger partial charge on any atom is 0.275 e. The van der Waals surface area contributed by atoms with Crippen molar-refractivity contribution in [3.63, 3.8) is 0 Å². The Bertz CT molecular complexity index is 799. The second-order valence-corrected chi connectivity index (χ2v) is 7.54. The van der Waals surface area contributed by atoms with Crippen LogP contribution in [0.4, 0.5) is 0 Å². The normalized spacial score (nSPS) is 19.8. The highest BCUT2D eigenvalue weighted by Gasteiger charge is 2.35. The summed E-state index contributed by atoms with van der Waals surface area (Å²) < 4.78 is 0. The molecule has 26 heavy (non-hydrogen) atoms. The van der Waals surface area contributed by atoms with Crippen LogP contribution < -0.4 is 0 Å². The summed E-state index contributed by atoms with van der Waals surface area (Å²) in [5, 5.41) is 7.45. The molecule has 1 aliphatic carbocycles. The summed E-state index contributed by atoms with van der Waals surface area (Å²) in [7, 11) is 4.04. The largest absolute Gasteiger partial charge is 0.327 e. The average Bonchev–Trinajstić information content (AvgIpc) is 3.28. The van der Waals surface area contributed by atoms with Gasteiger partial charge in [0.05, 0.1) is 11.7 Å². The van der Waals surface area contributed by atoms with Gasteiger partial charge < -0.3 is 9.80 Å². The highest BCUT2D eigenvalue weighted by Crippen LogP contribution is 2.32. The van der Waals surface area contributed by atoms with Crippen molar-refractivity contribution >= 4 is 5.91 Å². The predicted octanol–water partition coefficient (Wildman–Crippen LogP) is 2.12. The number of carbonyl (C=O) groups excluding carboxylic acids is 1. The summed E-state index contributed by atoms with van der Waals surface area (Å²) in [5.41, 5.74) is 3.85. The van der Waals surface area contributed by atoms with Crippen molar-refractivity contribution in [1.82, 2.24) is 30.0 Å². The summed E-state index contributed by atoms with van der Waals surface area (Å²) in [6, 6.07) is 1.88. The van der Waals surface area contributed by atoms with Gasteiger partial charge in [-0.1, -0.05) is 0 Å². The van der Waals surface area contributed by atoms with Gasteiger partial charge in [0.2, 0.25) is 0 Å². The average molecular weight is 354 g/mol. The van der Waals surface area contributed by atoms with E-state index in [2.05, 4.69) is 20.1 Å². The Balaban J connectivity index is 1.59. The summed E-state index contributed by atoms with van der Waals surface area (Å²) in [6.07, 6.45) is 7.93. The van der Waals surface area contributed by atoms with Crippen LogP contribution in [0.5, 0.6) is 0 Å². The van der Waals surface area contributed by atoms with E-state index in [9.17, 15) is 4.79 Å². The number of likely N-dealkylation sites (tertiary alicyclic amines) is 1. The lowest BCUT2D eigenvalue weighted by atomic mass is 9.95. The molecule has 1 saturated heterocycles. The van der Waals surface area contributed by atoms with Crippen LogP contribution in [-0.2, 0) is 19.4 Å². The van der Waals surface area contributed by atoms with Gasteiger partial charge in [0.15, 0.2) is 11.5 Å². The Labute approximate surface area is 153 Å². The standard InChI is InChI=1S/C19H26N6O/c1-24(2)12-13-9-10-20-18(21-13)16-8-5-11-25(16)19(26)17-14-6-3-4-7-15(14)22-23-17/h9-10,16H,3-8,11-12H2,1-2H3,(H,22,23)/t16-/m0/s1. The topological polar surface area (TPSA) is 78.0 Å². The zero-order valence-corrected chi connectivity index (χ0v) is 15.5. The molecule has 2 aromatic heterocycles. The third-order valence-corrected chi connectivity index (χ3v) is 5.28. The third-order valence-electron chi connectivity index (χ3n) is 5.28. The Hall–Kier alpha value is -2.28. The van der Waals surface area contributed by atoms with Gasteiger partial charge in [-0.25, -0.2) is 9.97 Å². The van der Waals surface area contributed by atoms with Crippen LogP contribution in [0.1, 0.15) is 65.0 Å². The first kappa shape index (κ1) is 17.1. The van der Waals surface area contributed by atoms with Crippen LogP contribution in [-0.4, -0.2) is 56.5 Å². The number of hydrogen-bond acceptors (Lipinski definition) is 5. The first-order valence-electron chi connectivity index (χ1n) is 9.47. The number of H-pyrrole nitrogens is 1. The van der Waals surface area contributed by atoms with Gasteiger partial charge in [-0.2, -0.15) is 5.10 Å². The van der Waals surface area contributed by atoms with E-state index in [-0.39, 0.29) is 11.9 Å². The molecule has 1 N–H and O–H groups in total. The minimum absolute atomic E-state index is 0.0218. The van der Waals surface area contributed by atoms with Crippen molar-refractivity contribution in [1.29, 1.82) is 0 Å². The molecule has 4 rings (SSSR count). The first-order chi connectivity index (χ1) is 12.6. The zero-order valence-electron chi connectivity index (χ0n) is 15.5. The highest BCUT2D eigenvalue weighted by atomic mass is 16.2. The van der Waals surface area contributed by atoms with Gasteiger partial charge in [0.1, 0.15) is 0 Å². The molecule has 138 valence electrons. The molecule has 0 bridgehead atoms. The van der Waals surface area contributed by atoms with Gasteiger partial charge in [-0.3, -0.25) is 9.89 Å².